The number of amides is 1. The van der Waals surface area contributed by atoms with Gasteiger partial charge in [-0.2, -0.15) is 0 Å². The second kappa shape index (κ2) is 6.39. The molecule has 1 amide bonds. The first-order valence-electron chi connectivity index (χ1n) is 7.56. The summed E-state index contributed by atoms with van der Waals surface area (Å²) in [5, 5.41) is 2.96. The first-order chi connectivity index (χ1) is 10.3. The molecular formula is C17H20N2OS. The van der Waals surface area contributed by atoms with E-state index in [0.717, 1.165) is 29.3 Å². The quantitative estimate of drug-likeness (QED) is 0.937. The van der Waals surface area contributed by atoms with Crippen molar-refractivity contribution in [2.75, 3.05) is 0 Å². The molecule has 1 N–H and O–H groups in total. The molecule has 0 bridgehead atoms. The molecule has 3 nitrogen and oxygen atoms in total. The molecule has 21 heavy (non-hydrogen) atoms. The number of pyridine rings is 1. The van der Waals surface area contributed by atoms with Crippen molar-refractivity contribution in [3.05, 3.63) is 51.5 Å². The van der Waals surface area contributed by atoms with E-state index >= 15 is 0 Å². The molecule has 0 aliphatic heterocycles. The zero-order chi connectivity index (χ0) is 14.7. The Morgan fingerprint density at radius 3 is 3.14 bits per heavy atom. The number of carbonyl (C=O) groups excluding carboxylic acids is 1. The summed E-state index contributed by atoms with van der Waals surface area (Å²) in [5.41, 5.74) is 2.28. The molecule has 2 aromatic rings. The predicted molar refractivity (Wildman–Crippen MR) is 85.5 cm³/mol. The molecule has 0 spiro atoms. The number of thiophene rings is 1. The van der Waals surface area contributed by atoms with Crippen LogP contribution in [0, 0.1) is 5.92 Å². The Balaban J connectivity index is 1.65. The van der Waals surface area contributed by atoms with Gasteiger partial charge in [0.15, 0.2) is 0 Å². The van der Waals surface area contributed by atoms with Crippen LogP contribution in [0.3, 0.4) is 0 Å². The second-order valence-electron chi connectivity index (χ2n) is 5.58. The molecule has 4 heteroatoms. The standard InChI is InChI=1S/C17H20N2OS/c1-2-12-6-7-15-13(9-12)10-16(21-15)17(20)19-11-14-5-3-4-8-18-14/h3-5,8,10,12H,2,6-7,9,11H2,1H3,(H,19,20)/t12-/m0/s1. The Labute approximate surface area is 129 Å². The fourth-order valence-electron chi connectivity index (χ4n) is 2.82. The zero-order valence-electron chi connectivity index (χ0n) is 12.3. The molecule has 0 fully saturated rings. The summed E-state index contributed by atoms with van der Waals surface area (Å²) in [6, 6.07) is 7.83. The summed E-state index contributed by atoms with van der Waals surface area (Å²) in [4.78, 5) is 18.7. The lowest BCUT2D eigenvalue weighted by Gasteiger charge is -2.19. The Morgan fingerprint density at radius 1 is 1.48 bits per heavy atom. The molecule has 110 valence electrons. The van der Waals surface area contributed by atoms with Gasteiger partial charge in [-0.25, -0.2) is 0 Å². The first-order valence-corrected chi connectivity index (χ1v) is 8.37. The van der Waals surface area contributed by atoms with Gasteiger partial charge in [0.2, 0.25) is 0 Å². The first kappa shape index (κ1) is 14.3. The Bertz CT molecular complexity index is 621. The van der Waals surface area contributed by atoms with Gasteiger partial charge in [-0.3, -0.25) is 9.78 Å². The van der Waals surface area contributed by atoms with Crippen LogP contribution < -0.4 is 5.32 Å². The molecule has 0 saturated heterocycles. The van der Waals surface area contributed by atoms with Crippen LogP contribution in [0.1, 0.15) is 45.6 Å². The van der Waals surface area contributed by atoms with E-state index in [4.69, 9.17) is 0 Å². The van der Waals surface area contributed by atoms with Crippen molar-refractivity contribution in [2.45, 2.75) is 39.2 Å². The van der Waals surface area contributed by atoms with E-state index in [1.54, 1.807) is 17.5 Å². The SMILES string of the molecule is CC[C@H]1CCc2sc(C(=O)NCc3ccccn3)cc2C1. The summed E-state index contributed by atoms with van der Waals surface area (Å²) in [5.74, 6) is 0.810. The van der Waals surface area contributed by atoms with Gasteiger partial charge < -0.3 is 5.32 Å². The number of hydrogen-bond acceptors (Lipinski definition) is 3. The van der Waals surface area contributed by atoms with Crippen LogP contribution in [-0.4, -0.2) is 10.9 Å². The molecule has 2 heterocycles. The van der Waals surface area contributed by atoms with Gasteiger partial charge in [-0.15, -0.1) is 11.3 Å². The van der Waals surface area contributed by atoms with Crippen LogP contribution in [-0.2, 0) is 19.4 Å². The topological polar surface area (TPSA) is 42.0 Å². The highest BCUT2D eigenvalue weighted by Crippen LogP contribution is 2.33. The van der Waals surface area contributed by atoms with E-state index in [0.29, 0.717) is 6.54 Å². The Kier molecular flexibility index (Phi) is 4.34. The van der Waals surface area contributed by atoms with Crippen LogP contribution in [0.25, 0.3) is 0 Å². The summed E-state index contributed by atoms with van der Waals surface area (Å²) in [6.07, 6.45) is 6.51. The largest absolute Gasteiger partial charge is 0.346 e. The number of nitrogens with one attached hydrogen (secondary N) is 1. The van der Waals surface area contributed by atoms with Gasteiger partial charge in [-0.05, 0) is 48.9 Å². The van der Waals surface area contributed by atoms with Gasteiger partial charge in [0.05, 0.1) is 17.1 Å². The van der Waals surface area contributed by atoms with Crippen molar-refractivity contribution in [3.8, 4) is 0 Å². The van der Waals surface area contributed by atoms with Gasteiger partial charge in [0, 0.05) is 11.1 Å². The highest BCUT2D eigenvalue weighted by atomic mass is 32.1. The molecular weight excluding hydrogens is 280 g/mol. The van der Waals surface area contributed by atoms with Crippen molar-refractivity contribution in [2.24, 2.45) is 5.92 Å². The van der Waals surface area contributed by atoms with Crippen LogP contribution in [0.4, 0.5) is 0 Å². The third-order valence-electron chi connectivity index (χ3n) is 4.14. The maximum atomic E-state index is 12.3. The molecule has 1 aliphatic carbocycles. The summed E-state index contributed by atoms with van der Waals surface area (Å²) < 4.78 is 0. The minimum absolute atomic E-state index is 0.0214. The molecule has 0 radical (unpaired) electrons. The average Bonchev–Trinajstić information content (AvgIpc) is 2.96. The van der Waals surface area contributed by atoms with Crippen molar-refractivity contribution < 1.29 is 4.79 Å². The van der Waals surface area contributed by atoms with Crippen LogP contribution >= 0.6 is 11.3 Å². The van der Waals surface area contributed by atoms with Crippen molar-refractivity contribution >= 4 is 17.2 Å². The minimum atomic E-state index is 0.0214. The van der Waals surface area contributed by atoms with Gasteiger partial charge >= 0.3 is 0 Å². The highest BCUT2D eigenvalue weighted by Gasteiger charge is 2.21. The number of carbonyl (C=O) groups is 1. The fraction of sp³-hybridized carbons (Fsp3) is 0.412. The second-order valence-corrected chi connectivity index (χ2v) is 6.72. The fourth-order valence-corrected chi connectivity index (χ4v) is 3.94. The predicted octanol–water partition coefficient (Wildman–Crippen LogP) is 3.59. The molecule has 1 atom stereocenters. The smallest absolute Gasteiger partial charge is 0.261 e. The van der Waals surface area contributed by atoms with E-state index in [2.05, 4.69) is 23.3 Å². The Morgan fingerprint density at radius 2 is 2.38 bits per heavy atom. The lowest BCUT2D eigenvalue weighted by molar-refractivity contribution is 0.0954. The number of hydrogen-bond donors (Lipinski definition) is 1. The average molecular weight is 300 g/mol. The molecule has 0 unspecified atom stereocenters. The van der Waals surface area contributed by atoms with Crippen LogP contribution in [0.15, 0.2) is 30.5 Å². The highest BCUT2D eigenvalue weighted by molar-refractivity contribution is 7.14. The van der Waals surface area contributed by atoms with E-state index in [9.17, 15) is 4.79 Å². The third-order valence-corrected chi connectivity index (χ3v) is 5.38. The Hall–Kier alpha value is -1.68. The number of aryl methyl sites for hydroxylation is 1. The van der Waals surface area contributed by atoms with Crippen molar-refractivity contribution in [1.82, 2.24) is 10.3 Å². The molecule has 2 aromatic heterocycles. The van der Waals surface area contributed by atoms with Crippen LogP contribution in [0.2, 0.25) is 0 Å². The molecule has 0 aromatic carbocycles. The normalized spacial score (nSPS) is 17.3. The lowest BCUT2D eigenvalue weighted by Crippen LogP contribution is -2.22. The molecule has 1 aliphatic rings. The maximum Gasteiger partial charge on any atom is 0.261 e. The third kappa shape index (κ3) is 3.32. The monoisotopic (exact) mass is 300 g/mol. The number of nitrogens with zero attached hydrogens (tertiary/aromatic N) is 1. The van der Waals surface area contributed by atoms with Gasteiger partial charge in [-0.1, -0.05) is 19.4 Å². The van der Waals surface area contributed by atoms with E-state index in [-0.39, 0.29) is 5.91 Å². The molecule has 0 saturated carbocycles. The minimum Gasteiger partial charge on any atom is -0.346 e. The van der Waals surface area contributed by atoms with Crippen LogP contribution in [0.5, 0.6) is 0 Å². The van der Waals surface area contributed by atoms with E-state index in [1.807, 2.05) is 18.2 Å². The van der Waals surface area contributed by atoms with E-state index in [1.165, 1.54) is 23.3 Å². The molecule has 3 rings (SSSR count). The number of fused-ring (bicyclic) bond motifs is 1. The zero-order valence-corrected chi connectivity index (χ0v) is 13.1. The van der Waals surface area contributed by atoms with Gasteiger partial charge in [0.25, 0.3) is 5.91 Å². The van der Waals surface area contributed by atoms with E-state index < -0.39 is 0 Å². The number of aromatic nitrogens is 1. The van der Waals surface area contributed by atoms with Gasteiger partial charge in [0.1, 0.15) is 0 Å². The van der Waals surface area contributed by atoms with Crippen molar-refractivity contribution in [1.29, 1.82) is 0 Å². The summed E-state index contributed by atoms with van der Waals surface area (Å²) in [7, 11) is 0. The van der Waals surface area contributed by atoms with Crippen molar-refractivity contribution in [3.63, 3.8) is 0 Å². The summed E-state index contributed by atoms with van der Waals surface area (Å²) in [6.45, 7) is 2.74. The number of rotatable bonds is 4. The summed E-state index contributed by atoms with van der Waals surface area (Å²) >= 11 is 1.66. The lowest BCUT2D eigenvalue weighted by atomic mass is 9.87. The maximum absolute atomic E-state index is 12.3.